The predicted octanol–water partition coefficient (Wildman–Crippen LogP) is 1.35. The van der Waals surface area contributed by atoms with Crippen molar-refractivity contribution < 1.29 is 0 Å². The van der Waals surface area contributed by atoms with Gasteiger partial charge in [0.2, 0.25) is 0 Å². The first-order valence-corrected chi connectivity index (χ1v) is 3.42. The Morgan fingerprint density at radius 3 is 2.40 bits per heavy atom. The highest BCUT2D eigenvalue weighted by Gasteiger charge is 2.01. The zero-order valence-corrected chi connectivity index (χ0v) is 6.63. The highest BCUT2D eigenvalue weighted by molar-refractivity contribution is 5.39. The molecule has 1 aromatic heterocycles. The molecule has 0 aromatic carbocycles. The molecule has 0 amide bonds. The molecule has 0 fully saturated rings. The fraction of sp³-hybridized carbons (Fsp3) is 0.571. The molecule has 0 unspecified atom stereocenters. The summed E-state index contributed by atoms with van der Waals surface area (Å²) in [6.07, 6.45) is 1.86. The molecule has 0 atom stereocenters. The van der Waals surface area contributed by atoms with Crippen molar-refractivity contribution >= 4 is 5.69 Å². The third kappa shape index (κ3) is 1.12. The molecule has 56 valence electrons. The molecule has 0 aliphatic rings. The van der Waals surface area contributed by atoms with Gasteiger partial charge in [-0.3, -0.25) is 4.68 Å². The van der Waals surface area contributed by atoms with Crippen molar-refractivity contribution in [2.45, 2.75) is 26.8 Å². The number of hydrogen-bond acceptors (Lipinski definition) is 2. The highest BCUT2D eigenvalue weighted by atomic mass is 15.3. The van der Waals surface area contributed by atoms with Crippen LogP contribution in [0, 0.1) is 6.92 Å². The minimum Gasteiger partial charge on any atom is -0.396 e. The quantitative estimate of drug-likeness (QED) is 0.638. The second-order valence-electron chi connectivity index (χ2n) is 2.74. The van der Waals surface area contributed by atoms with Gasteiger partial charge < -0.3 is 5.73 Å². The number of hydrogen-bond donors (Lipinski definition) is 1. The third-order valence-corrected chi connectivity index (χ3v) is 1.48. The van der Waals surface area contributed by atoms with Gasteiger partial charge in [-0.2, -0.15) is 5.10 Å². The van der Waals surface area contributed by atoms with Gasteiger partial charge in [0.1, 0.15) is 0 Å². The van der Waals surface area contributed by atoms with E-state index in [0.29, 0.717) is 6.04 Å². The summed E-state index contributed by atoms with van der Waals surface area (Å²) in [6.45, 7) is 6.06. The van der Waals surface area contributed by atoms with Crippen LogP contribution >= 0.6 is 0 Å². The summed E-state index contributed by atoms with van der Waals surface area (Å²) in [6, 6.07) is 0.399. The number of aromatic nitrogens is 2. The van der Waals surface area contributed by atoms with Crippen molar-refractivity contribution in [1.82, 2.24) is 9.78 Å². The van der Waals surface area contributed by atoms with Crippen LogP contribution in [0.3, 0.4) is 0 Å². The van der Waals surface area contributed by atoms with E-state index < -0.39 is 0 Å². The fourth-order valence-corrected chi connectivity index (χ4v) is 0.760. The Labute approximate surface area is 60.8 Å². The first kappa shape index (κ1) is 7.12. The lowest BCUT2D eigenvalue weighted by Gasteiger charge is -2.02. The molecular weight excluding hydrogens is 126 g/mol. The van der Waals surface area contributed by atoms with Crippen LogP contribution in [0.1, 0.15) is 25.6 Å². The molecule has 0 radical (unpaired) electrons. The SMILES string of the molecule is Cc1nn(C(C)C)cc1N. The number of nitrogens with two attached hydrogens (primary N) is 1. The Kier molecular flexibility index (Phi) is 1.66. The maximum absolute atomic E-state index is 5.60. The van der Waals surface area contributed by atoms with Crippen LogP contribution in [-0.2, 0) is 0 Å². The summed E-state index contributed by atoms with van der Waals surface area (Å²) < 4.78 is 1.87. The van der Waals surface area contributed by atoms with Crippen LogP contribution in [0.15, 0.2) is 6.20 Å². The summed E-state index contributed by atoms with van der Waals surface area (Å²) in [4.78, 5) is 0. The lowest BCUT2D eigenvalue weighted by molar-refractivity contribution is 0.529. The molecule has 0 aliphatic heterocycles. The van der Waals surface area contributed by atoms with E-state index in [0.717, 1.165) is 11.4 Å². The molecule has 3 heteroatoms. The molecule has 0 aliphatic carbocycles. The first-order valence-electron chi connectivity index (χ1n) is 3.42. The maximum Gasteiger partial charge on any atom is 0.0823 e. The van der Waals surface area contributed by atoms with Gasteiger partial charge in [0, 0.05) is 12.2 Å². The highest BCUT2D eigenvalue weighted by Crippen LogP contribution is 2.10. The van der Waals surface area contributed by atoms with Gasteiger partial charge in [-0.25, -0.2) is 0 Å². The smallest absolute Gasteiger partial charge is 0.0823 e. The van der Waals surface area contributed by atoms with Gasteiger partial charge in [0.15, 0.2) is 0 Å². The minimum atomic E-state index is 0.399. The maximum atomic E-state index is 5.60. The molecule has 0 bridgehead atoms. The van der Waals surface area contributed by atoms with Gasteiger partial charge >= 0.3 is 0 Å². The van der Waals surface area contributed by atoms with E-state index in [1.807, 2.05) is 17.8 Å². The summed E-state index contributed by atoms with van der Waals surface area (Å²) in [5.41, 5.74) is 7.28. The molecule has 1 rings (SSSR count). The Balaban J connectivity index is 2.98. The van der Waals surface area contributed by atoms with Gasteiger partial charge in [0.25, 0.3) is 0 Å². The average molecular weight is 139 g/mol. The van der Waals surface area contributed by atoms with Crippen molar-refractivity contribution in [1.29, 1.82) is 0 Å². The van der Waals surface area contributed by atoms with Gasteiger partial charge in [-0.15, -0.1) is 0 Å². The second-order valence-corrected chi connectivity index (χ2v) is 2.74. The molecule has 1 aromatic rings. The van der Waals surface area contributed by atoms with E-state index >= 15 is 0 Å². The van der Waals surface area contributed by atoms with Gasteiger partial charge in [0.05, 0.1) is 11.4 Å². The van der Waals surface area contributed by atoms with Gasteiger partial charge in [-0.05, 0) is 20.8 Å². The fourth-order valence-electron chi connectivity index (χ4n) is 0.760. The van der Waals surface area contributed by atoms with Crippen molar-refractivity contribution in [3.63, 3.8) is 0 Å². The summed E-state index contributed by atoms with van der Waals surface area (Å²) >= 11 is 0. The van der Waals surface area contributed by atoms with Crippen molar-refractivity contribution in [2.24, 2.45) is 0 Å². The number of rotatable bonds is 1. The number of nitrogen functional groups attached to an aromatic ring is 1. The molecular formula is C7H13N3. The molecule has 0 saturated carbocycles. The Hall–Kier alpha value is -0.990. The second kappa shape index (κ2) is 2.33. The normalized spacial score (nSPS) is 10.8. The first-order chi connectivity index (χ1) is 4.61. The Bertz CT molecular complexity index is 205. The molecule has 1 heterocycles. The molecule has 10 heavy (non-hydrogen) atoms. The number of aryl methyl sites for hydroxylation is 1. The zero-order valence-electron chi connectivity index (χ0n) is 6.63. The van der Waals surface area contributed by atoms with E-state index in [1.165, 1.54) is 0 Å². The monoisotopic (exact) mass is 139 g/mol. The Morgan fingerprint density at radius 2 is 2.20 bits per heavy atom. The van der Waals surface area contributed by atoms with Crippen LogP contribution in [-0.4, -0.2) is 9.78 Å². The summed E-state index contributed by atoms with van der Waals surface area (Å²) in [5.74, 6) is 0. The van der Waals surface area contributed by atoms with Crippen LogP contribution in [0.4, 0.5) is 5.69 Å². The molecule has 0 spiro atoms. The van der Waals surface area contributed by atoms with Crippen LogP contribution in [0.5, 0.6) is 0 Å². The summed E-state index contributed by atoms with van der Waals surface area (Å²) in [5, 5.41) is 4.20. The number of nitrogens with zero attached hydrogens (tertiary/aromatic N) is 2. The topological polar surface area (TPSA) is 43.8 Å². The van der Waals surface area contributed by atoms with Crippen LogP contribution in [0.2, 0.25) is 0 Å². The summed E-state index contributed by atoms with van der Waals surface area (Å²) in [7, 11) is 0. The molecule has 3 nitrogen and oxygen atoms in total. The van der Waals surface area contributed by atoms with Crippen LogP contribution < -0.4 is 5.73 Å². The standard InChI is InChI=1S/C7H13N3/c1-5(2)10-4-7(8)6(3)9-10/h4-5H,8H2,1-3H3. The van der Waals surface area contributed by atoms with E-state index in [9.17, 15) is 0 Å². The van der Waals surface area contributed by atoms with Gasteiger partial charge in [-0.1, -0.05) is 0 Å². The van der Waals surface area contributed by atoms with E-state index in [-0.39, 0.29) is 0 Å². The molecule has 0 saturated heterocycles. The lowest BCUT2D eigenvalue weighted by atomic mass is 10.4. The van der Waals surface area contributed by atoms with E-state index in [2.05, 4.69) is 18.9 Å². The van der Waals surface area contributed by atoms with E-state index in [4.69, 9.17) is 5.73 Å². The Morgan fingerprint density at radius 1 is 1.60 bits per heavy atom. The van der Waals surface area contributed by atoms with Crippen molar-refractivity contribution in [3.8, 4) is 0 Å². The van der Waals surface area contributed by atoms with Crippen molar-refractivity contribution in [2.75, 3.05) is 5.73 Å². The van der Waals surface area contributed by atoms with E-state index in [1.54, 1.807) is 0 Å². The van der Waals surface area contributed by atoms with Crippen LogP contribution in [0.25, 0.3) is 0 Å². The van der Waals surface area contributed by atoms with Crippen molar-refractivity contribution in [3.05, 3.63) is 11.9 Å². The largest absolute Gasteiger partial charge is 0.396 e. The lowest BCUT2D eigenvalue weighted by Crippen LogP contribution is -2.00. The third-order valence-electron chi connectivity index (χ3n) is 1.48. The average Bonchev–Trinajstić information content (AvgIpc) is 2.13. The molecule has 2 N–H and O–H groups in total. The number of anilines is 1. The zero-order chi connectivity index (χ0) is 7.72. The minimum absolute atomic E-state index is 0.399. The predicted molar refractivity (Wildman–Crippen MR) is 41.8 cm³/mol.